The van der Waals surface area contributed by atoms with Crippen LogP contribution in [-0.4, -0.2) is 24.9 Å². The van der Waals surface area contributed by atoms with Crippen LogP contribution in [0.5, 0.6) is 5.75 Å². The molecule has 0 aliphatic carbocycles. The van der Waals surface area contributed by atoms with Crippen molar-refractivity contribution < 1.29 is 14.2 Å². The zero-order valence-corrected chi connectivity index (χ0v) is 12.5. The molecule has 20 heavy (non-hydrogen) atoms. The van der Waals surface area contributed by atoms with E-state index in [1.807, 2.05) is 0 Å². The largest absolute Gasteiger partial charge is 0.493 e. The number of halogens is 1. The van der Waals surface area contributed by atoms with Crippen molar-refractivity contribution in [3.63, 3.8) is 0 Å². The van der Waals surface area contributed by atoms with Gasteiger partial charge in [-0.2, -0.15) is 0 Å². The topological polar surface area (TPSA) is 41.5 Å². The Labute approximate surface area is 121 Å². The zero-order chi connectivity index (χ0) is 14.8. The Hall–Kier alpha value is -1.13. The molecule has 0 radical (unpaired) electrons. The van der Waals surface area contributed by atoms with Crippen molar-refractivity contribution >= 4 is 0 Å². The Morgan fingerprint density at radius 1 is 1.30 bits per heavy atom. The summed E-state index contributed by atoms with van der Waals surface area (Å²) in [6, 6.07) is 4.85. The smallest absolute Gasteiger partial charge is 0.126 e. The molecule has 0 amide bonds. The summed E-state index contributed by atoms with van der Waals surface area (Å²) in [5.41, 5.74) is 0.988. The van der Waals surface area contributed by atoms with Gasteiger partial charge in [0.15, 0.2) is 0 Å². The second-order valence-corrected chi connectivity index (χ2v) is 4.99. The molecule has 0 aromatic heterocycles. The molecule has 0 aliphatic rings. The highest BCUT2D eigenvalue weighted by atomic mass is 19.1. The first-order valence-electron chi connectivity index (χ1n) is 7.45. The van der Waals surface area contributed by atoms with Gasteiger partial charge in [0.1, 0.15) is 11.6 Å². The summed E-state index contributed by atoms with van der Waals surface area (Å²) in [5.74, 6) is 0.340. The molecule has 1 aromatic rings. The summed E-state index contributed by atoms with van der Waals surface area (Å²) < 4.78 is 19.1. The van der Waals surface area contributed by atoms with E-state index in [9.17, 15) is 4.39 Å². The summed E-state index contributed by atoms with van der Waals surface area (Å²) in [6.07, 6.45) is 3.63. The lowest BCUT2D eigenvalue weighted by Crippen LogP contribution is -2.20. The van der Waals surface area contributed by atoms with Crippen LogP contribution in [0, 0.1) is 5.82 Å². The van der Waals surface area contributed by atoms with Gasteiger partial charge in [0.05, 0.1) is 6.61 Å². The second kappa shape index (κ2) is 9.72. The minimum atomic E-state index is -0.276. The van der Waals surface area contributed by atoms with E-state index in [1.54, 1.807) is 6.07 Å². The van der Waals surface area contributed by atoms with Crippen molar-refractivity contribution in [2.24, 2.45) is 0 Å². The van der Waals surface area contributed by atoms with Gasteiger partial charge >= 0.3 is 0 Å². The number of nitrogens with one attached hydrogen (secondary N) is 1. The molecule has 3 nitrogen and oxygen atoms in total. The summed E-state index contributed by atoms with van der Waals surface area (Å²) in [4.78, 5) is 0. The summed E-state index contributed by atoms with van der Waals surface area (Å²) in [7, 11) is 0. The highest BCUT2D eigenvalue weighted by Gasteiger charge is 2.12. The fourth-order valence-corrected chi connectivity index (χ4v) is 2.03. The fourth-order valence-electron chi connectivity index (χ4n) is 2.03. The normalized spacial score (nSPS) is 12.4. The van der Waals surface area contributed by atoms with Gasteiger partial charge in [0.2, 0.25) is 0 Å². The zero-order valence-electron chi connectivity index (χ0n) is 12.5. The molecular weight excluding hydrogens is 257 g/mol. The molecule has 0 heterocycles. The number of aliphatic hydroxyl groups is 1. The third-order valence-electron chi connectivity index (χ3n) is 3.20. The molecule has 1 unspecified atom stereocenters. The first-order chi connectivity index (χ1) is 9.69. The van der Waals surface area contributed by atoms with E-state index in [-0.39, 0.29) is 18.5 Å². The lowest BCUT2D eigenvalue weighted by atomic mass is 10.1. The van der Waals surface area contributed by atoms with E-state index in [1.165, 1.54) is 12.1 Å². The maximum atomic E-state index is 13.4. The number of aliphatic hydroxyl groups excluding tert-OH is 1. The predicted molar refractivity (Wildman–Crippen MR) is 79.5 cm³/mol. The van der Waals surface area contributed by atoms with E-state index in [4.69, 9.17) is 9.84 Å². The van der Waals surface area contributed by atoms with Gasteiger partial charge in [-0.15, -0.1) is 0 Å². The second-order valence-electron chi connectivity index (χ2n) is 4.99. The number of hydrogen-bond donors (Lipinski definition) is 2. The third kappa shape index (κ3) is 5.88. The van der Waals surface area contributed by atoms with Crippen molar-refractivity contribution in [2.75, 3.05) is 19.8 Å². The highest BCUT2D eigenvalue weighted by molar-refractivity contribution is 5.36. The molecule has 1 rings (SSSR count). The number of ether oxygens (including phenoxy) is 1. The Bertz CT molecular complexity index is 385. The Morgan fingerprint density at radius 3 is 2.80 bits per heavy atom. The minimum Gasteiger partial charge on any atom is -0.493 e. The summed E-state index contributed by atoms with van der Waals surface area (Å²) in [5, 5.41) is 12.1. The van der Waals surface area contributed by atoms with Gasteiger partial charge in [0.25, 0.3) is 0 Å². The van der Waals surface area contributed by atoms with Crippen LogP contribution < -0.4 is 10.1 Å². The molecule has 0 bridgehead atoms. The van der Waals surface area contributed by atoms with E-state index in [0.29, 0.717) is 12.4 Å². The van der Waals surface area contributed by atoms with E-state index >= 15 is 0 Å². The standard InChI is InChI=1S/C16H26FNO2/c1-3-9-18-13(2)15-8-7-14(17)12-16(15)20-11-6-4-5-10-19/h7-8,12-13,18-19H,3-6,9-11H2,1-2H3. The maximum absolute atomic E-state index is 13.4. The van der Waals surface area contributed by atoms with Crippen LogP contribution in [0.3, 0.4) is 0 Å². The molecule has 1 aromatic carbocycles. The first-order valence-corrected chi connectivity index (χ1v) is 7.45. The molecule has 114 valence electrons. The molecule has 0 saturated heterocycles. The summed E-state index contributed by atoms with van der Waals surface area (Å²) >= 11 is 0. The first kappa shape index (κ1) is 16.9. The lowest BCUT2D eigenvalue weighted by Gasteiger charge is -2.18. The van der Waals surface area contributed by atoms with Crippen molar-refractivity contribution in [1.82, 2.24) is 5.32 Å². The molecule has 4 heteroatoms. The van der Waals surface area contributed by atoms with Crippen LogP contribution in [0.25, 0.3) is 0 Å². The van der Waals surface area contributed by atoms with Gasteiger partial charge in [0, 0.05) is 24.3 Å². The monoisotopic (exact) mass is 283 g/mol. The SMILES string of the molecule is CCCNC(C)c1ccc(F)cc1OCCCCCO. The van der Waals surface area contributed by atoms with Gasteiger partial charge < -0.3 is 15.2 Å². The fraction of sp³-hybridized carbons (Fsp3) is 0.625. The average molecular weight is 283 g/mol. The van der Waals surface area contributed by atoms with Crippen molar-refractivity contribution in [1.29, 1.82) is 0 Å². The highest BCUT2D eigenvalue weighted by Crippen LogP contribution is 2.26. The molecule has 2 N–H and O–H groups in total. The average Bonchev–Trinajstić information content (AvgIpc) is 2.44. The van der Waals surface area contributed by atoms with Gasteiger partial charge in [-0.25, -0.2) is 4.39 Å². The van der Waals surface area contributed by atoms with Crippen LogP contribution in [0.2, 0.25) is 0 Å². The van der Waals surface area contributed by atoms with Crippen LogP contribution in [0.4, 0.5) is 4.39 Å². The van der Waals surface area contributed by atoms with Crippen LogP contribution >= 0.6 is 0 Å². The van der Waals surface area contributed by atoms with Gasteiger partial charge in [-0.1, -0.05) is 13.0 Å². The molecule has 0 fully saturated rings. The van der Waals surface area contributed by atoms with Gasteiger partial charge in [-0.3, -0.25) is 0 Å². The van der Waals surface area contributed by atoms with Crippen molar-refractivity contribution in [3.05, 3.63) is 29.6 Å². The number of rotatable bonds is 10. The Kier molecular flexibility index (Phi) is 8.23. The number of unbranched alkanes of at least 4 members (excludes halogenated alkanes) is 2. The molecule has 0 saturated carbocycles. The van der Waals surface area contributed by atoms with Gasteiger partial charge in [-0.05, 0) is 45.2 Å². The molecular formula is C16H26FNO2. The number of hydrogen-bond acceptors (Lipinski definition) is 3. The number of benzene rings is 1. The quantitative estimate of drug-likeness (QED) is 0.646. The molecule has 0 aliphatic heterocycles. The lowest BCUT2D eigenvalue weighted by molar-refractivity contribution is 0.264. The Morgan fingerprint density at radius 2 is 2.10 bits per heavy atom. The van der Waals surface area contributed by atoms with Crippen molar-refractivity contribution in [2.45, 2.75) is 45.6 Å². The Balaban J connectivity index is 2.60. The van der Waals surface area contributed by atoms with E-state index < -0.39 is 0 Å². The van der Waals surface area contributed by atoms with Crippen LogP contribution in [0.1, 0.15) is 51.1 Å². The van der Waals surface area contributed by atoms with E-state index in [2.05, 4.69) is 19.2 Å². The van der Waals surface area contributed by atoms with Crippen molar-refractivity contribution in [3.8, 4) is 5.75 Å². The summed E-state index contributed by atoms with van der Waals surface area (Å²) in [6.45, 7) is 5.86. The maximum Gasteiger partial charge on any atom is 0.126 e. The van der Waals surface area contributed by atoms with E-state index in [0.717, 1.165) is 37.8 Å². The third-order valence-corrected chi connectivity index (χ3v) is 3.20. The minimum absolute atomic E-state index is 0.142. The molecule has 1 atom stereocenters. The van der Waals surface area contributed by atoms with Crippen LogP contribution in [-0.2, 0) is 0 Å². The molecule has 0 spiro atoms. The van der Waals surface area contributed by atoms with Crippen LogP contribution in [0.15, 0.2) is 18.2 Å². The predicted octanol–water partition coefficient (Wildman–Crippen LogP) is 3.43.